The number of anilines is 1. The normalized spacial score (nSPS) is 12.3. The van der Waals surface area contributed by atoms with Gasteiger partial charge in [0, 0.05) is 18.3 Å². The van der Waals surface area contributed by atoms with Crippen LogP contribution in [-0.4, -0.2) is 31.6 Å². The second-order valence-corrected chi connectivity index (χ2v) is 9.08. The minimum atomic E-state index is -3.92. The molecule has 0 aliphatic rings. The molecule has 1 atom stereocenters. The summed E-state index contributed by atoms with van der Waals surface area (Å²) in [7, 11) is -3.92. The maximum absolute atomic E-state index is 13.0. The predicted octanol–water partition coefficient (Wildman–Crippen LogP) is 2.83. The van der Waals surface area contributed by atoms with Crippen LogP contribution in [0.3, 0.4) is 0 Å². The zero-order valence-electron chi connectivity index (χ0n) is 16.4. The first kappa shape index (κ1) is 22.4. The van der Waals surface area contributed by atoms with Gasteiger partial charge in [-0.2, -0.15) is 0 Å². The second kappa shape index (κ2) is 9.51. The monoisotopic (exact) mass is 421 g/mol. The van der Waals surface area contributed by atoms with Crippen LogP contribution in [0.15, 0.2) is 53.4 Å². The molecule has 0 fully saturated rings. The Balaban J connectivity index is 1.94. The number of halogens is 1. The van der Waals surface area contributed by atoms with Crippen LogP contribution < -0.4 is 16.0 Å². The zero-order chi connectivity index (χ0) is 21.6. The maximum atomic E-state index is 13.0. The lowest BCUT2D eigenvalue weighted by atomic mass is 10.2. The predicted molar refractivity (Wildman–Crippen MR) is 109 cm³/mol. The Morgan fingerprint density at radius 3 is 2.10 bits per heavy atom. The van der Waals surface area contributed by atoms with Gasteiger partial charge in [0.05, 0.1) is 4.90 Å². The van der Waals surface area contributed by atoms with Crippen molar-refractivity contribution < 1.29 is 22.4 Å². The summed E-state index contributed by atoms with van der Waals surface area (Å²) in [4.78, 5) is 23.8. The van der Waals surface area contributed by atoms with Gasteiger partial charge in [-0.1, -0.05) is 12.1 Å². The summed E-state index contributed by atoms with van der Waals surface area (Å²) in [5.74, 6) is -1.21. The van der Waals surface area contributed by atoms with Gasteiger partial charge in [0.25, 0.3) is 0 Å². The molecule has 0 aromatic heterocycles. The van der Waals surface area contributed by atoms with Gasteiger partial charge in [-0.05, 0) is 62.7 Å². The van der Waals surface area contributed by atoms with Crippen molar-refractivity contribution in [2.75, 3.05) is 5.32 Å². The number of carbonyl (C=O) groups excluding carboxylic acids is 2. The Bertz CT molecular complexity index is 958. The number of benzene rings is 2. The molecular formula is C20H24FN3O4S. The molecule has 1 unspecified atom stereocenters. The highest BCUT2D eigenvalue weighted by molar-refractivity contribution is 7.92. The summed E-state index contributed by atoms with van der Waals surface area (Å²) in [6.45, 7) is 5.11. The summed E-state index contributed by atoms with van der Waals surface area (Å²) < 4.78 is 38.0. The largest absolute Gasteiger partial charge is 0.351 e. The number of sulfone groups is 1. The van der Waals surface area contributed by atoms with E-state index in [9.17, 15) is 22.4 Å². The van der Waals surface area contributed by atoms with Crippen LogP contribution in [0.4, 0.5) is 14.9 Å². The quantitative estimate of drug-likeness (QED) is 0.598. The average molecular weight is 421 g/mol. The molecule has 9 heteroatoms. The van der Waals surface area contributed by atoms with Gasteiger partial charge in [-0.3, -0.25) is 4.79 Å². The van der Waals surface area contributed by atoms with Gasteiger partial charge in [-0.25, -0.2) is 17.6 Å². The van der Waals surface area contributed by atoms with Crippen molar-refractivity contribution in [2.24, 2.45) is 0 Å². The Labute approximate surface area is 169 Å². The molecule has 2 aromatic carbocycles. The van der Waals surface area contributed by atoms with Crippen molar-refractivity contribution in [1.29, 1.82) is 0 Å². The van der Waals surface area contributed by atoms with Crippen LogP contribution in [0, 0.1) is 5.82 Å². The Morgan fingerprint density at radius 1 is 0.966 bits per heavy atom. The van der Waals surface area contributed by atoms with Gasteiger partial charge in [0.15, 0.2) is 9.84 Å². The molecule has 2 rings (SSSR count). The molecule has 156 valence electrons. The minimum Gasteiger partial charge on any atom is -0.351 e. The third-order valence-electron chi connectivity index (χ3n) is 4.08. The minimum absolute atomic E-state index is 0.0117. The molecular weight excluding hydrogens is 397 g/mol. The number of hydrogen-bond acceptors (Lipinski definition) is 4. The smallest absolute Gasteiger partial charge is 0.319 e. The molecule has 0 saturated heterocycles. The third-order valence-corrected chi connectivity index (χ3v) is 6.15. The van der Waals surface area contributed by atoms with Gasteiger partial charge >= 0.3 is 6.03 Å². The van der Waals surface area contributed by atoms with Gasteiger partial charge < -0.3 is 16.0 Å². The summed E-state index contributed by atoms with van der Waals surface area (Å²) in [5, 5.41) is 6.64. The van der Waals surface area contributed by atoms with Crippen molar-refractivity contribution >= 4 is 27.5 Å². The number of hydrogen-bond donors (Lipinski definition) is 3. The molecule has 0 bridgehead atoms. The second-order valence-electron chi connectivity index (χ2n) is 6.81. The van der Waals surface area contributed by atoms with E-state index in [4.69, 9.17) is 0 Å². The van der Waals surface area contributed by atoms with Gasteiger partial charge in [-0.15, -0.1) is 0 Å². The molecule has 29 heavy (non-hydrogen) atoms. The standard InChI is InChI=1S/C20H24FN3O4S/c1-13(2)23-20(26)24-17-8-4-15(5-9-17)12-22-19(25)14(3)29(27,28)18-10-6-16(21)7-11-18/h4-11,13-14H,12H2,1-3H3,(H,22,25)(H2,23,24,26). The first-order valence-corrected chi connectivity index (χ1v) is 10.6. The molecule has 0 aliphatic heterocycles. The van der Waals surface area contributed by atoms with E-state index in [-0.39, 0.29) is 23.5 Å². The molecule has 0 saturated carbocycles. The molecule has 2 aromatic rings. The first-order chi connectivity index (χ1) is 13.6. The molecule has 0 heterocycles. The molecule has 3 N–H and O–H groups in total. The van der Waals surface area contributed by atoms with Gasteiger partial charge in [0.1, 0.15) is 11.1 Å². The van der Waals surface area contributed by atoms with Crippen molar-refractivity contribution in [2.45, 2.75) is 43.5 Å². The highest BCUT2D eigenvalue weighted by Crippen LogP contribution is 2.17. The Kier molecular flexibility index (Phi) is 7.33. The topological polar surface area (TPSA) is 104 Å². The summed E-state index contributed by atoms with van der Waals surface area (Å²) in [5.41, 5.74) is 1.32. The summed E-state index contributed by atoms with van der Waals surface area (Å²) in [6, 6.07) is 10.8. The van der Waals surface area contributed by atoms with E-state index >= 15 is 0 Å². The lowest BCUT2D eigenvalue weighted by molar-refractivity contribution is -0.120. The van der Waals surface area contributed by atoms with E-state index in [1.807, 2.05) is 13.8 Å². The highest BCUT2D eigenvalue weighted by Gasteiger charge is 2.29. The van der Waals surface area contributed by atoms with Crippen LogP contribution in [0.25, 0.3) is 0 Å². The number of amides is 3. The number of carbonyl (C=O) groups is 2. The van der Waals surface area contributed by atoms with Crippen LogP contribution in [0.5, 0.6) is 0 Å². The number of nitrogens with one attached hydrogen (secondary N) is 3. The van der Waals surface area contributed by atoms with E-state index in [0.29, 0.717) is 5.69 Å². The lowest BCUT2D eigenvalue weighted by Crippen LogP contribution is -2.37. The molecule has 0 radical (unpaired) electrons. The van der Waals surface area contributed by atoms with Crippen molar-refractivity contribution in [1.82, 2.24) is 10.6 Å². The molecule has 7 nitrogen and oxygen atoms in total. The molecule has 3 amide bonds. The fourth-order valence-corrected chi connectivity index (χ4v) is 3.73. The van der Waals surface area contributed by atoms with Gasteiger partial charge in [0.2, 0.25) is 5.91 Å². The fraction of sp³-hybridized carbons (Fsp3) is 0.300. The van der Waals surface area contributed by atoms with Crippen LogP contribution in [0.2, 0.25) is 0 Å². The SMILES string of the molecule is CC(C)NC(=O)Nc1ccc(CNC(=O)C(C)S(=O)(=O)c2ccc(F)cc2)cc1. The highest BCUT2D eigenvalue weighted by atomic mass is 32.2. The summed E-state index contributed by atoms with van der Waals surface area (Å²) >= 11 is 0. The van der Waals surface area contributed by atoms with Crippen LogP contribution in [0.1, 0.15) is 26.3 Å². The van der Waals surface area contributed by atoms with E-state index in [1.165, 1.54) is 6.92 Å². The third kappa shape index (κ3) is 6.28. The molecule has 0 spiro atoms. The zero-order valence-corrected chi connectivity index (χ0v) is 17.2. The average Bonchev–Trinajstić information content (AvgIpc) is 2.66. The first-order valence-electron chi connectivity index (χ1n) is 9.03. The van der Waals surface area contributed by atoms with Crippen molar-refractivity contribution in [3.63, 3.8) is 0 Å². The lowest BCUT2D eigenvalue weighted by Gasteiger charge is -2.14. The molecule has 0 aliphatic carbocycles. The van der Waals surface area contributed by atoms with Crippen LogP contribution in [-0.2, 0) is 21.2 Å². The number of rotatable bonds is 7. The van der Waals surface area contributed by atoms with E-state index < -0.39 is 26.8 Å². The Morgan fingerprint density at radius 2 is 1.55 bits per heavy atom. The van der Waals surface area contributed by atoms with Crippen molar-refractivity contribution in [3.05, 3.63) is 59.9 Å². The van der Waals surface area contributed by atoms with Crippen molar-refractivity contribution in [3.8, 4) is 0 Å². The van der Waals surface area contributed by atoms with E-state index in [2.05, 4.69) is 16.0 Å². The maximum Gasteiger partial charge on any atom is 0.319 e. The number of urea groups is 1. The van der Waals surface area contributed by atoms with E-state index in [1.54, 1.807) is 24.3 Å². The van der Waals surface area contributed by atoms with E-state index in [0.717, 1.165) is 29.8 Å². The fourth-order valence-electron chi connectivity index (χ4n) is 2.44. The Hall–Kier alpha value is -2.94. The van der Waals surface area contributed by atoms with Crippen LogP contribution >= 0.6 is 0 Å². The summed E-state index contributed by atoms with van der Waals surface area (Å²) in [6.07, 6.45) is 0.